The molecular weight excluding hydrogens is 242 g/mol. The molecule has 0 aromatic carbocycles. The highest BCUT2D eigenvalue weighted by Crippen LogP contribution is 2.09. The van der Waals surface area contributed by atoms with Crippen LogP contribution < -0.4 is 0 Å². The monoisotopic (exact) mass is 255 g/mol. The molecule has 2 heterocycles. The van der Waals surface area contributed by atoms with Crippen LogP contribution in [0.4, 0.5) is 0 Å². The number of terminal acetylenes is 1. The van der Waals surface area contributed by atoms with E-state index in [1.807, 2.05) is 0 Å². The fourth-order valence-corrected chi connectivity index (χ4v) is 1.66. The Kier molecular flexibility index (Phi) is 3.62. The number of rotatable bonds is 3. The molecule has 0 unspecified atom stereocenters. The van der Waals surface area contributed by atoms with Crippen LogP contribution in [0.25, 0.3) is 0 Å². The summed E-state index contributed by atoms with van der Waals surface area (Å²) < 4.78 is 4.96. The van der Waals surface area contributed by atoms with Crippen LogP contribution in [0.2, 0.25) is 0 Å². The van der Waals surface area contributed by atoms with Gasteiger partial charge in [-0.05, 0) is 13.0 Å². The first kappa shape index (κ1) is 12.8. The van der Waals surface area contributed by atoms with E-state index in [-0.39, 0.29) is 5.91 Å². The largest absolute Gasteiger partial charge is 0.361 e. The van der Waals surface area contributed by atoms with Gasteiger partial charge in [0.15, 0.2) is 0 Å². The lowest BCUT2D eigenvalue weighted by Crippen LogP contribution is -2.26. The lowest BCUT2D eigenvalue weighted by atomic mass is 10.2. The summed E-state index contributed by atoms with van der Waals surface area (Å²) >= 11 is 0. The van der Waals surface area contributed by atoms with E-state index in [2.05, 4.69) is 16.1 Å². The molecule has 0 saturated carbocycles. The van der Waals surface area contributed by atoms with Gasteiger partial charge in [0, 0.05) is 31.1 Å². The maximum atomic E-state index is 12.2. The number of aromatic nitrogens is 2. The summed E-state index contributed by atoms with van der Waals surface area (Å²) in [6.45, 7) is 2.18. The lowest BCUT2D eigenvalue weighted by Gasteiger charge is -2.15. The normalized spacial score (nSPS) is 9.95. The van der Waals surface area contributed by atoms with E-state index in [1.165, 1.54) is 17.3 Å². The van der Waals surface area contributed by atoms with Crippen molar-refractivity contribution >= 4 is 5.91 Å². The summed E-state index contributed by atoms with van der Waals surface area (Å²) in [4.78, 5) is 17.7. The number of amides is 1. The number of nitrogens with zero attached hydrogens (tertiary/aromatic N) is 3. The molecule has 0 fully saturated rings. The van der Waals surface area contributed by atoms with Gasteiger partial charge >= 0.3 is 0 Å². The fraction of sp³-hybridized carbons (Fsp3) is 0.214. The summed E-state index contributed by atoms with van der Waals surface area (Å²) in [6, 6.07) is 3.43. The second kappa shape index (κ2) is 5.36. The van der Waals surface area contributed by atoms with Crippen molar-refractivity contribution in [2.75, 3.05) is 7.05 Å². The summed E-state index contributed by atoms with van der Waals surface area (Å²) in [6.07, 6.45) is 8.32. The van der Waals surface area contributed by atoms with Crippen molar-refractivity contribution in [1.82, 2.24) is 15.0 Å². The Morgan fingerprint density at radius 1 is 1.47 bits per heavy atom. The minimum Gasteiger partial charge on any atom is -0.361 e. The molecule has 96 valence electrons. The van der Waals surface area contributed by atoms with Gasteiger partial charge in [-0.2, -0.15) is 0 Å². The van der Waals surface area contributed by atoms with Crippen molar-refractivity contribution in [2.24, 2.45) is 0 Å². The molecule has 0 spiro atoms. The molecule has 0 bridgehead atoms. The zero-order valence-corrected chi connectivity index (χ0v) is 10.8. The van der Waals surface area contributed by atoms with Crippen molar-refractivity contribution in [2.45, 2.75) is 13.5 Å². The number of carbonyl (C=O) groups is 1. The van der Waals surface area contributed by atoms with Crippen molar-refractivity contribution in [3.05, 3.63) is 47.1 Å². The second-order valence-electron chi connectivity index (χ2n) is 4.20. The van der Waals surface area contributed by atoms with Crippen LogP contribution in [-0.2, 0) is 6.54 Å². The molecule has 0 N–H and O–H groups in total. The van der Waals surface area contributed by atoms with Gasteiger partial charge in [-0.1, -0.05) is 11.1 Å². The smallest absolute Gasteiger partial charge is 0.255 e. The maximum Gasteiger partial charge on any atom is 0.255 e. The highest BCUT2D eigenvalue weighted by Gasteiger charge is 2.14. The van der Waals surface area contributed by atoms with Gasteiger partial charge in [-0.25, -0.2) is 0 Å². The number of carbonyl (C=O) groups excluding carboxylic acids is 1. The van der Waals surface area contributed by atoms with Gasteiger partial charge in [-0.15, -0.1) is 6.42 Å². The molecule has 0 atom stereocenters. The van der Waals surface area contributed by atoms with Crippen LogP contribution in [0, 0.1) is 19.3 Å². The average molecular weight is 255 g/mol. The number of hydrogen-bond acceptors (Lipinski definition) is 4. The van der Waals surface area contributed by atoms with Gasteiger partial charge < -0.3 is 9.42 Å². The second-order valence-corrected chi connectivity index (χ2v) is 4.20. The Hall–Kier alpha value is -2.61. The van der Waals surface area contributed by atoms with E-state index < -0.39 is 0 Å². The van der Waals surface area contributed by atoms with E-state index in [4.69, 9.17) is 10.9 Å². The van der Waals surface area contributed by atoms with Crippen LogP contribution in [-0.4, -0.2) is 28.0 Å². The van der Waals surface area contributed by atoms with E-state index in [0.717, 1.165) is 0 Å². The molecule has 0 aliphatic heterocycles. The first-order chi connectivity index (χ1) is 9.10. The molecule has 5 nitrogen and oxygen atoms in total. The molecule has 2 aromatic heterocycles. The fourth-order valence-electron chi connectivity index (χ4n) is 1.66. The highest BCUT2D eigenvalue weighted by molar-refractivity contribution is 5.94. The Morgan fingerprint density at radius 3 is 2.89 bits per heavy atom. The van der Waals surface area contributed by atoms with Crippen LogP contribution >= 0.6 is 0 Å². The van der Waals surface area contributed by atoms with Crippen LogP contribution in [0.15, 0.2) is 29.0 Å². The predicted octanol–water partition coefficient (Wildman–Crippen LogP) is 1.63. The summed E-state index contributed by atoms with van der Waals surface area (Å²) in [5.74, 6) is 3.01. The average Bonchev–Trinajstić information content (AvgIpc) is 2.83. The van der Waals surface area contributed by atoms with Crippen LogP contribution in [0.5, 0.6) is 0 Å². The molecule has 0 aliphatic carbocycles. The molecule has 0 radical (unpaired) electrons. The minimum absolute atomic E-state index is 0.162. The molecule has 0 aliphatic rings. The van der Waals surface area contributed by atoms with Gasteiger partial charge in [0.05, 0.1) is 12.1 Å². The SMILES string of the molecule is C#Cc1cncc(C(=O)N(C)Cc2cc(C)on2)c1. The molecule has 0 saturated heterocycles. The van der Waals surface area contributed by atoms with Crippen molar-refractivity contribution in [1.29, 1.82) is 0 Å². The Labute approximate surface area is 111 Å². The zero-order chi connectivity index (χ0) is 13.8. The molecule has 19 heavy (non-hydrogen) atoms. The molecule has 5 heteroatoms. The van der Waals surface area contributed by atoms with E-state index in [1.54, 1.807) is 26.1 Å². The van der Waals surface area contributed by atoms with Crippen molar-refractivity contribution < 1.29 is 9.32 Å². The van der Waals surface area contributed by atoms with E-state index in [0.29, 0.717) is 29.1 Å². The van der Waals surface area contributed by atoms with Crippen molar-refractivity contribution in [3.8, 4) is 12.3 Å². The third-order valence-electron chi connectivity index (χ3n) is 2.57. The van der Waals surface area contributed by atoms with Crippen LogP contribution in [0.1, 0.15) is 27.4 Å². The van der Waals surface area contributed by atoms with Gasteiger partial charge in [-0.3, -0.25) is 9.78 Å². The Morgan fingerprint density at radius 2 is 2.26 bits per heavy atom. The third-order valence-corrected chi connectivity index (χ3v) is 2.57. The Balaban J connectivity index is 2.12. The van der Waals surface area contributed by atoms with Gasteiger partial charge in [0.2, 0.25) is 0 Å². The zero-order valence-electron chi connectivity index (χ0n) is 10.8. The summed E-state index contributed by atoms with van der Waals surface area (Å²) in [5.41, 5.74) is 1.74. The first-order valence-corrected chi connectivity index (χ1v) is 5.69. The minimum atomic E-state index is -0.162. The Bertz CT molecular complexity index is 640. The molecular formula is C14H13N3O2. The third kappa shape index (κ3) is 2.99. The van der Waals surface area contributed by atoms with E-state index >= 15 is 0 Å². The summed E-state index contributed by atoms with van der Waals surface area (Å²) in [7, 11) is 1.69. The maximum absolute atomic E-state index is 12.2. The van der Waals surface area contributed by atoms with Crippen molar-refractivity contribution in [3.63, 3.8) is 0 Å². The van der Waals surface area contributed by atoms with Crippen LogP contribution in [0.3, 0.4) is 0 Å². The highest BCUT2D eigenvalue weighted by atomic mass is 16.5. The topological polar surface area (TPSA) is 59.2 Å². The van der Waals surface area contributed by atoms with E-state index in [9.17, 15) is 4.79 Å². The number of aryl methyl sites for hydroxylation is 1. The molecule has 1 amide bonds. The lowest BCUT2D eigenvalue weighted by molar-refractivity contribution is 0.0781. The van der Waals surface area contributed by atoms with Gasteiger partial charge in [0.1, 0.15) is 11.5 Å². The standard InChI is InChI=1S/C14H13N3O2/c1-4-11-6-12(8-15-7-11)14(18)17(3)9-13-5-10(2)19-16-13/h1,5-8H,9H2,2-3H3. The predicted molar refractivity (Wildman–Crippen MR) is 69.2 cm³/mol. The summed E-state index contributed by atoms with van der Waals surface area (Å²) in [5, 5.41) is 3.85. The van der Waals surface area contributed by atoms with Gasteiger partial charge in [0.25, 0.3) is 5.91 Å². The number of hydrogen-bond donors (Lipinski definition) is 0. The molecule has 2 rings (SSSR count). The quantitative estimate of drug-likeness (QED) is 0.782. The number of pyridine rings is 1. The first-order valence-electron chi connectivity index (χ1n) is 5.69. The molecule has 2 aromatic rings.